The number of benzene rings is 2. The third-order valence-electron chi connectivity index (χ3n) is 3.99. The summed E-state index contributed by atoms with van der Waals surface area (Å²) in [5.41, 5.74) is 2.34. The molecule has 1 heterocycles. The summed E-state index contributed by atoms with van der Waals surface area (Å²) < 4.78 is 17.2. The van der Waals surface area contributed by atoms with Crippen molar-refractivity contribution < 1.29 is 24.1 Å². The number of carbonyl (C=O) groups is 1. The molecule has 0 atom stereocenters. The van der Waals surface area contributed by atoms with Gasteiger partial charge in [0.25, 0.3) is 0 Å². The Morgan fingerprint density at radius 2 is 1.82 bits per heavy atom. The van der Waals surface area contributed by atoms with E-state index in [9.17, 15) is 4.79 Å². The normalized spacial score (nSPS) is 10.5. The summed E-state index contributed by atoms with van der Waals surface area (Å²) in [5, 5.41) is 11.4. The van der Waals surface area contributed by atoms with Crippen molar-refractivity contribution in [1.82, 2.24) is 4.98 Å². The van der Waals surface area contributed by atoms with E-state index in [0.717, 1.165) is 16.9 Å². The number of aryl methyl sites for hydroxylation is 1. The van der Waals surface area contributed by atoms with Crippen LogP contribution >= 0.6 is 11.3 Å². The molecule has 28 heavy (non-hydrogen) atoms. The Kier molecular flexibility index (Phi) is 6.49. The number of ether oxygens (including phenoxy) is 3. The van der Waals surface area contributed by atoms with Gasteiger partial charge in [0.15, 0.2) is 11.5 Å². The third-order valence-corrected chi connectivity index (χ3v) is 4.92. The van der Waals surface area contributed by atoms with Gasteiger partial charge in [0.05, 0.1) is 24.8 Å². The van der Waals surface area contributed by atoms with Crippen molar-refractivity contribution in [2.75, 3.05) is 20.3 Å². The van der Waals surface area contributed by atoms with Crippen LogP contribution in [0.1, 0.15) is 11.3 Å². The zero-order chi connectivity index (χ0) is 19.9. The number of carboxylic acid groups (broad SMARTS) is 1. The largest absolute Gasteiger partial charge is 0.493 e. The maximum Gasteiger partial charge on any atom is 0.309 e. The van der Waals surface area contributed by atoms with E-state index in [-0.39, 0.29) is 6.42 Å². The van der Waals surface area contributed by atoms with E-state index >= 15 is 0 Å². The van der Waals surface area contributed by atoms with Crippen LogP contribution < -0.4 is 14.2 Å². The van der Waals surface area contributed by atoms with E-state index in [1.54, 1.807) is 12.5 Å². The van der Waals surface area contributed by atoms with Crippen molar-refractivity contribution in [3.05, 3.63) is 59.1 Å². The number of aromatic nitrogens is 1. The van der Waals surface area contributed by atoms with Crippen molar-refractivity contribution in [3.8, 4) is 27.8 Å². The molecule has 1 N–H and O–H groups in total. The molecule has 0 amide bonds. The Hall–Kier alpha value is -3.06. The maximum atomic E-state index is 10.9. The summed E-state index contributed by atoms with van der Waals surface area (Å²) in [6.45, 7) is 2.70. The van der Waals surface area contributed by atoms with Gasteiger partial charge in [-0.1, -0.05) is 24.3 Å². The first-order valence-corrected chi connectivity index (χ1v) is 9.61. The summed E-state index contributed by atoms with van der Waals surface area (Å²) in [7, 11) is 1.58. The van der Waals surface area contributed by atoms with E-state index in [1.807, 2.05) is 49.4 Å². The van der Waals surface area contributed by atoms with Crippen LogP contribution in [0.25, 0.3) is 10.6 Å². The lowest BCUT2D eigenvalue weighted by atomic mass is 10.2. The van der Waals surface area contributed by atoms with Gasteiger partial charge in [-0.2, -0.15) is 0 Å². The van der Waals surface area contributed by atoms with Gasteiger partial charge in [-0.3, -0.25) is 4.79 Å². The lowest BCUT2D eigenvalue weighted by Crippen LogP contribution is -2.10. The fourth-order valence-corrected chi connectivity index (χ4v) is 3.52. The van der Waals surface area contributed by atoms with Crippen LogP contribution in [0, 0.1) is 6.92 Å². The molecule has 2 aromatic carbocycles. The quantitative estimate of drug-likeness (QED) is 0.543. The first-order chi connectivity index (χ1) is 13.6. The predicted molar refractivity (Wildman–Crippen MR) is 108 cm³/mol. The van der Waals surface area contributed by atoms with Crippen molar-refractivity contribution in [2.24, 2.45) is 0 Å². The highest BCUT2D eigenvalue weighted by Crippen LogP contribution is 2.39. The molecule has 0 aliphatic heterocycles. The monoisotopic (exact) mass is 399 g/mol. The van der Waals surface area contributed by atoms with Crippen LogP contribution in [0.15, 0.2) is 47.8 Å². The zero-order valence-electron chi connectivity index (χ0n) is 15.7. The molecule has 0 saturated carbocycles. The molecule has 0 aliphatic rings. The molecule has 3 aromatic rings. The van der Waals surface area contributed by atoms with Gasteiger partial charge in [-0.05, 0) is 30.7 Å². The van der Waals surface area contributed by atoms with Crippen LogP contribution in [0.5, 0.6) is 17.2 Å². The number of methoxy groups -OCH3 is 1. The molecule has 146 valence electrons. The minimum atomic E-state index is -0.910. The van der Waals surface area contributed by atoms with E-state index in [1.165, 1.54) is 11.3 Å². The molecule has 0 fully saturated rings. The molecular formula is C21H21NO5S. The Balaban J connectivity index is 1.73. The molecule has 0 aliphatic carbocycles. The fourth-order valence-electron chi connectivity index (χ4n) is 2.67. The molecule has 1 aromatic heterocycles. The number of rotatable bonds is 9. The molecule has 0 radical (unpaired) electrons. The molecule has 7 heteroatoms. The second kappa shape index (κ2) is 9.23. The standard InChI is InChI=1S/C21H21NO5S/c1-14-6-3-4-8-17(14)26-10-11-27-20-16(7-5-9-18(20)25-2)21-22-15(13-28-21)12-19(23)24/h3-9,13H,10-12H2,1-2H3,(H,23,24). The summed E-state index contributed by atoms with van der Waals surface area (Å²) >= 11 is 1.37. The molecule has 0 spiro atoms. The number of hydrogen-bond acceptors (Lipinski definition) is 6. The lowest BCUT2D eigenvalue weighted by molar-refractivity contribution is -0.136. The van der Waals surface area contributed by atoms with Gasteiger partial charge in [0.1, 0.15) is 24.0 Å². The van der Waals surface area contributed by atoms with Gasteiger partial charge in [0.2, 0.25) is 0 Å². The summed E-state index contributed by atoms with van der Waals surface area (Å²) in [6, 6.07) is 13.3. The van der Waals surface area contributed by atoms with Gasteiger partial charge >= 0.3 is 5.97 Å². The first kappa shape index (κ1) is 19.7. The summed E-state index contributed by atoms with van der Waals surface area (Å²) in [6.07, 6.45) is -0.110. The van der Waals surface area contributed by atoms with Crippen LogP contribution in [0.2, 0.25) is 0 Å². The predicted octanol–water partition coefficient (Wildman–Crippen LogP) is 4.21. The highest BCUT2D eigenvalue weighted by atomic mass is 32.1. The van der Waals surface area contributed by atoms with Crippen LogP contribution in [-0.4, -0.2) is 36.4 Å². The smallest absolute Gasteiger partial charge is 0.309 e. The van der Waals surface area contributed by atoms with Crippen LogP contribution in [0.3, 0.4) is 0 Å². The SMILES string of the molecule is COc1cccc(-c2nc(CC(=O)O)cs2)c1OCCOc1ccccc1C. The highest BCUT2D eigenvalue weighted by molar-refractivity contribution is 7.13. The zero-order valence-corrected chi connectivity index (χ0v) is 16.5. The number of para-hydroxylation sites is 2. The molecule has 0 unspecified atom stereocenters. The fraction of sp³-hybridized carbons (Fsp3) is 0.238. The maximum absolute atomic E-state index is 10.9. The summed E-state index contributed by atoms with van der Waals surface area (Å²) in [4.78, 5) is 15.3. The Labute approximate surface area is 167 Å². The lowest BCUT2D eigenvalue weighted by Gasteiger charge is -2.15. The molecule has 0 bridgehead atoms. The van der Waals surface area contributed by atoms with Crippen LogP contribution in [0.4, 0.5) is 0 Å². The molecule has 6 nitrogen and oxygen atoms in total. The average molecular weight is 399 g/mol. The van der Waals surface area contributed by atoms with Crippen molar-refractivity contribution >= 4 is 17.3 Å². The van der Waals surface area contributed by atoms with E-state index in [2.05, 4.69) is 4.98 Å². The number of carboxylic acids is 1. The first-order valence-electron chi connectivity index (χ1n) is 8.73. The molecular weight excluding hydrogens is 378 g/mol. The second-order valence-corrected chi connectivity index (χ2v) is 6.87. The Bertz CT molecular complexity index is 953. The highest BCUT2D eigenvalue weighted by Gasteiger charge is 2.16. The molecule has 3 rings (SSSR count). The van der Waals surface area contributed by atoms with Gasteiger partial charge in [0, 0.05) is 5.38 Å². The number of thiazole rings is 1. The van der Waals surface area contributed by atoms with Crippen molar-refractivity contribution in [1.29, 1.82) is 0 Å². The topological polar surface area (TPSA) is 77.9 Å². The third kappa shape index (κ3) is 4.80. The van der Waals surface area contributed by atoms with Crippen LogP contribution in [-0.2, 0) is 11.2 Å². The number of nitrogens with zero attached hydrogens (tertiary/aromatic N) is 1. The van der Waals surface area contributed by atoms with Crippen molar-refractivity contribution in [3.63, 3.8) is 0 Å². The average Bonchev–Trinajstić information content (AvgIpc) is 3.14. The van der Waals surface area contributed by atoms with E-state index in [0.29, 0.717) is 35.4 Å². The minimum absolute atomic E-state index is 0.110. The van der Waals surface area contributed by atoms with Crippen molar-refractivity contribution in [2.45, 2.75) is 13.3 Å². The Morgan fingerprint density at radius 1 is 1.07 bits per heavy atom. The van der Waals surface area contributed by atoms with E-state index < -0.39 is 5.97 Å². The summed E-state index contributed by atoms with van der Waals surface area (Å²) in [5.74, 6) is 1.06. The number of hydrogen-bond donors (Lipinski definition) is 1. The Morgan fingerprint density at radius 3 is 2.57 bits per heavy atom. The van der Waals surface area contributed by atoms with Gasteiger partial charge in [-0.25, -0.2) is 4.98 Å². The van der Waals surface area contributed by atoms with Gasteiger partial charge < -0.3 is 19.3 Å². The number of aliphatic carboxylic acids is 1. The van der Waals surface area contributed by atoms with Gasteiger partial charge in [-0.15, -0.1) is 11.3 Å². The second-order valence-electron chi connectivity index (χ2n) is 6.01. The van der Waals surface area contributed by atoms with E-state index in [4.69, 9.17) is 19.3 Å². The minimum Gasteiger partial charge on any atom is -0.493 e. The molecule has 0 saturated heterocycles.